The maximum atomic E-state index is 4.66. The maximum Gasteiger partial charge on any atom is 0.152 e. The van der Waals surface area contributed by atoms with Gasteiger partial charge >= 0.3 is 0 Å². The average molecular weight is 272 g/mol. The molecule has 4 heteroatoms. The van der Waals surface area contributed by atoms with Crippen molar-refractivity contribution >= 4 is 11.3 Å². The monoisotopic (exact) mass is 272 g/mol. The molecule has 0 saturated heterocycles. The van der Waals surface area contributed by atoms with Crippen molar-refractivity contribution in [2.24, 2.45) is 5.92 Å². The van der Waals surface area contributed by atoms with Gasteiger partial charge in [-0.3, -0.25) is 0 Å². The van der Waals surface area contributed by atoms with Crippen LogP contribution < -0.4 is 5.32 Å². The summed E-state index contributed by atoms with van der Waals surface area (Å²) in [6.07, 6.45) is 7.76. The third-order valence-electron chi connectivity index (χ3n) is 3.93. The summed E-state index contributed by atoms with van der Waals surface area (Å²) in [6.45, 7) is 8.80. The van der Waals surface area contributed by atoms with Crippen molar-refractivity contribution in [2.75, 3.05) is 5.32 Å². The van der Waals surface area contributed by atoms with E-state index in [2.05, 4.69) is 49.2 Å². The minimum absolute atomic E-state index is 0.0585. The minimum Gasteiger partial charge on any atom is -0.366 e. The molecule has 2 heterocycles. The van der Waals surface area contributed by atoms with Gasteiger partial charge in [0.05, 0.1) is 5.69 Å². The molecule has 1 unspecified atom stereocenters. The van der Waals surface area contributed by atoms with Crippen LogP contribution in [0.4, 0.5) is 5.82 Å². The van der Waals surface area contributed by atoms with E-state index in [0.717, 1.165) is 22.9 Å². The largest absolute Gasteiger partial charge is 0.366 e. The molecule has 0 amide bonds. The number of nitrogens with one attached hydrogen (secondary N) is 1. The third kappa shape index (κ3) is 2.79. The fraction of sp³-hybridized carbons (Fsp3) is 0.625. The average Bonchev–Trinajstić information content (AvgIpc) is 3.03. The van der Waals surface area contributed by atoms with E-state index >= 15 is 0 Å². The van der Waals surface area contributed by atoms with Gasteiger partial charge in [-0.1, -0.05) is 33.6 Å². The predicted octanol–water partition coefficient (Wildman–Crippen LogP) is 3.63. The summed E-state index contributed by atoms with van der Waals surface area (Å²) in [7, 11) is 0. The Labute approximate surface area is 120 Å². The van der Waals surface area contributed by atoms with E-state index in [1.807, 2.05) is 16.9 Å². The summed E-state index contributed by atoms with van der Waals surface area (Å²) >= 11 is 0. The Balaban J connectivity index is 1.87. The van der Waals surface area contributed by atoms with Gasteiger partial charge in [-0.15, -0.1) is 0 Å². The second kappa shape index (κ2) is 4.76. The molecule has 1 saturated carbocycles. The van der Waals surface area contributed by atoms with Crippen LogP contribution >= 0.6 is 0 Å². The molecule has 0 bridgehead atoms. The van der Waals surface area contributed by atoms with Crippen molar-refractivity contribution in [3.8, 4) is 0 Å². The Morgan fingerprint density at radius 1 is 1.40 bits per heavy atom. The quantitative estimate of drug-likeness (QED) is 0.924. The van der Waals surface area contributed by atoms with Crippen LogP contribution in [0.5, 0.6) is 0 Å². The van der Waals surface area contributed by atoms with Crippen LogP contribution in [-0.2, 0) is 5.41 Å². The van der Waals surface area contributed by atoms with Crippen LogP contribution in [0.1, 0.15) is 52.7 Å². The second-order valence-corrected chi connectivity index (χ2v) is 7.11. The lowest BCUT2D eigenvalue weighted by molar-refractivity contribution is 0.562. The lowest BCUT2D eigenvalue weighted by Crippen LogP contribution is -2.17. The summed E-state index contributed by atoms with van der Waals surface area (Å²) in [5, 5.41) is 8.21. The van der Waals surface area contributed by atoms with Gasteiger partial charge in [-0.25, -0.2) is 9.50 Å². The lowest BCUT2D eigenvalue weighted by Gasteiger charge is -2.14. The summed E-state index contributed by atoms with van der Waals surface area (Å²) in [5.74, 6) is 1.87. The van der Waals surface area contributed by atoms with Crippen LogP contribution in [0.25, 0.3) is 5.52 Å². The zero-order valence-electron chi connectivity index (χ0n) is 12.8. The third-order valence-corrected chi connectivity index (χ3v) is 3.93. The fourth-order valence-electron chi connectivity index (χ4n) is 2.55. The molecule has 1 aliphatic rings. The molecule has 4 nitrogen and oxygen atoms in total. The van der Waals surface area contributed by atoms with Crippen molar-refractivity contribution < 1.29 is 0 Å². The molecule has 20 heavy (non-hydrogen) atoms. The van der Waals surface area contributed by atoms with E-state index < -0.39 is 0 Å². The van der Waals surface area contributed by atoms with E-state index in [1.54, 1.807) is 0 Å². The zero-order chi connectivity index (χ0) is 14.3. The van der Waals surface area contributed by atoms with Crippen LogP contribution in [0.3, 0.4) is 0 Å². The van der Waals surface area contributed by atoms with E-state index in [9.17, 15) is 0 Å². The molecule has 0 aromatic carbocycles. The van der Waals surface area contributed by atoms with Crippen LogP contribution in [-0.4, -0.2) is 20.6 Å². The zero-order valence-corrected chi connectivity index (χ0v) is 12.8. The summed E-state index contributed by atoms with van der Waals surface area (Å²) < 4.78 is 1.93. The SMILES string of the molecule is CC(CC1CC1)Nc1nccn2nc(C(C)(C)C)cc12. The van der Waals surface area contributed by atoms with E-state index in [1.165, 1.54) is 19.3 Å². The van der Waals surface area contributed by atoms with Crippen LogP contribution in [0, 0.1) is 5.92 Å². The number of rotatable bonds is 4. The first-order valence-corrected chi connectivity index (χ1v) is 7.55. The number of hydrogen-bond acceptors (Lipinski definition) is 3. The van der Waals surface area contributed by atoms with E-state index in [-0.39, 0.29) is 5.41 Å². The normalized spacial score (nSPS) is 17.4. The molecule has 3 rings (SSSR count). The topological polar surface area (TPSA) is 42.2 Å². The van der Waals surface area contributed by atoms with Gasteiger partial charge in [0.2, 0.25) is 0 Å². The summed E-state index contributed by atoms with van der Waals surface area (Å²) in [6, 6.07) is 2.62. The van der Waals surface area contributed by atoms with Gasteiger partial charge < -0.3 is 5.32 Å². The van der Waals surface area contributed by atoms with Crippen molar-refractivity contribution in [2.45, 2.75) is 58.4 Å². The van der Waals surface area contributed by atoms with E-state index in [4.69, 9.17) is 0 Å². The number of aromatic nitrogens is 3. The molecule has 0 aliphatic heterocycles. The lowest BCUT2D eigenvalue weighted by atomic mass is 9.92. The molecule has 1 atom stereocenters. The molecule has 1 N–H and O–H groups in total. The number of anilines is 1. The van der Waals surface area contributed by atoms with Crippen molar-refractivity contribution in [3.63, 3.8) is 0 Å². The van der Waals surface area contributed by atoms with Gasteiger partial charge in [0.25, 0.3) is 0 Å². The maximum absolute atomic E-state index is 4.66. The molecule has 2 aromatic heterocycles. The Morgan fingerprint density at radius 3 is 2.80 bits per heavy atom. The highest BCUT2D eigenvalue weighted by Gasteiger charge is 2.24. The molecular weight excluding hydrogens is 248 g/mol. The molecule has 2 aromatic rings. The highest BCUT2D eigenvalue weighted by atomic mass is 15.2. The van der Waals surface area contributed by atoms with Gasteiger partial charge in [0.15, 0.2) is 5.82 Å². The fourth-order valence-corrected chi connectivity index (χ4v) is 2.55. The number of hydrogen-bond donors (Lipinski definition) is 1. The van der Waals surface area contributed by atoms with Crippen molar-refractivity contribution in [3.05, 3.63) is 24.2 Å². The predicted molar refractivity (Wildman–Crippen MR) is 82.1 cm³/mol. The Morgan fingerprint density at radius 2 is 2.15 bits per heavy atom. The number of nitrogens with zero attached hydrogens (tertiary/aromatic N) is 3. The Kier molecular flexibility index (Phi) is 3.19. The van der Waals surface area contributed by atoms with Gasteiger partial charge in [-0.2, -0.15) is 5.10 Å². The molecule has 108 valence electrons. The highest BCUT2D eigenvalue weighted by molar-refractivity contribution is 5.68. The number of fused-ring (bicyclic) bond motifs is 1. The molecule has 1 fully saturated rings. The van der Waals surface area contributed by atoms with Crippen molar-refractivity contribution in [1.82, 2.24) is 14.6 Å². The van der Waals surface area contributed by atoms with Crippen molar-refractivity contribution in [1.29, 1.82) is 0 Å². The first-order valence-electron chi connectivity index (χ1n) is 7.55. The highest BCUT2D eigenvalue weighted by Crippen LogP contribution is 2.34. The second-order valence-electron chi connectivity index (χ2n) is 7.11. The molecule has 0 radical (unpaired) electrons. The van der Waals surface area contributed by atoms with Crippen LogP contribution in [0.2, 0.25) is 0 Å². The Bertz CT molecular complexity index is 604. The smallest absolute Gasteiger partial charge is 0.152 e. The standard InChI is InChI=1S/C16H24N4/c1-11(9-12-5-6-12)18-15-13-10-14(16(2,3)4)19-20(13)8-7-17-15/h7-8,10-12H,5-6,9H2,1-4H3,(H,17,18). The van der Waals surface area contributed by atoms with Crippen LogP contribution in [0.15, 0.2) is 18.5 Å². The molecular formula is C16H24N4. The van der Waals surface area contributed by atoms with Gasteiger partial charge in [0, 0.05) is 23.9 Å². The molecule has 1 aliphatic carbocycles. The summed E-state index contributed by atoms with van der Waals surface area (Å²) in [5.41, 5.74) is 2.23. The van der Waals surface area contributed by atoms with E-state index in [0.29, 0.717) is 6.04 Å². The summed E-state index contributed by atoms with van der Waals surface area (Å²) in [4.78, 5) is 4.50. The first-order chi connectivity index (χ1) is 9.43. The first kappa shape index (κ1) is 13.4. The Hall–Kier alpha value is -1.58. The van der Waals surface area contributed by atoms with Gasteiger partial charge in [-0.05, 0) is 25.3 Å². The molecule has 0 spiro atoms. The minimum atomic E-state index is 0.0585. The van der Waals surface area contributed by atoms with Gasteiger partial charge in [0.1, 0.15) is 5.52 Å².